The molecule has 1 aromatic carbocycles. The summed E-state index contributed by atoms with van der Waals surface area (Å²) < 4.78 is 0. The molecule has 0 saturated heterocycles. The number of aromatic nitrogens is 2. The van der Waals surface area contributed by atoms with Crippen LogP contribution in [0.1, 0.15) is 10.4 Å². The zero-order valence-electron chi connectivity index (χ0n) is 12.5. The van der Waals surface area contributed by atoms with Gasteiger partial charge >= 0.3 is 0 Å². The fourth-order valence-electron chi connectivity index (χ4n) is 1.66. The zero-order valence-corrected chi connectivity index (χ0v) is 13.3. The number of nitrogens with one attached hydrogen (secondary N) is 2. The van der Waals surface area contributed by atoms with E-state index >= 15 is 0 Å². The van der Waals surface area contributed by atoms with Crippen LogP contribution in [-0.2, 0) is 0 Å². The van der Waals surface area contributed by atoms with Gasteiger partial charge in [-0.1, -0.05) is 11.6 Å². The molecular formula is C15H18ClN5O. The van der Waals surface area contributed by atoms with Gasteiger partial charge in [0.25, 0.3) is 5.91 Å². The predicted molar refractivity (Wildman–Crippen MR) is 88.5 cm³/mol. The number of likely N-dealkylation sites (N-methyl/N-ethyl adjacent to an activating group) is 1. The van der Waals surface area contributed by atoms with Crippen molar-refractivity contribution in [1.29, 1.82) is 0 Å². The van der Waals surface area contributed by atoms with E-state index in [2.05, 4.69) is 25.5 Å². The van der Waals surface area contributed by atoms with Gasteiger partial charge in [0.05, 0.1) is 5.56 Å². The number of hydrogen-bond donors (Lipinski definition) is 2. The van der Waals surface area contributed by atoms with Crippen molar-refractivity contribution in [2.45, 2.75) is 0 Å². The number of carbonyl (C=O) groups excluding carboxylic acids is 1. The Morgan fingerprint density at radius 1 is 1.18 bits per heavy atom. The molecule has 2 aromatic rings. The zero-order chi connectivity index (χ0) is 15.9. The smallest absolute Gasteiger partial charge is 0.258 e. The van der Waals surface area contributed by atoms with Crippen molar-refractivity contribution < 1.29 is 4.79 Å². The van der Waals surface area contributed by atoms with Gasteiger partial charge in [0.15, 0.2) is 0 Å². The van der Waals surface area contributed by atoms with Crippen LogP contribution in [0.25, 0.3) is 0 Å². The number of hydrogen-bond acceptors (Lipinski definition) is 5. The van der Waals surface area contributed by atoms with Gasteiger partial charge in [-0.2, -0.15) is 0 Å². The molecule has 0 fully saturated rings. The van der Waals surface area contributed by atoms with Crippen molar-refractivity contribution in [1.82, 2.24) is 14.9 Å². The summed E-state index contributed by atoms with van der Waals surface area (Å²) in [6, 6.07) is 6.90. The molecule has 0 aliphatic carbocycles. The fourth-order valence-corrected chi connectivity index (χ4v) is 1.79. The lowest BCUT2D eigenvalue weighted by Crippen LogP contribution is -2.21. The van der Waals surface area contributed by atoms with Crippen molar-refractivity contribution in [2.24, 2.45) is 0 Å². The van der Waals surface area contributed by atoms with E-state index in [-0.39, 0.29) is 5.91 Å². The van der Waals surface area contributed by atoms with Crippen molar-refractivity contribution in [2.75, 3.05) is 37.8 Å². The third-order valence-corrected chi connectivity index (χ3v) is 3.11. The van der Waals surface area contributed by atoms with Crippen molar-refractivity contribution in [3.8, 4) is 0 Å². The maximum atomic E-state index is 12.1. The van der Waals surface area contributed by atoms with Gasteiger partial charge in [-0.3, -0.25) is 4.79 Å². The molecule has 0 aliphatic heterocycles. The van der Waals surface area contributed by atoms with Crippen LogP contribution >= 0.6 is 11.6 Å². The Labute approximate surface area is 134 Å². The first kappa shape index (κ1) is 16.2. The highest BCUT2D eigenvalue weighted by atomic mass is 35.5. The minimum Gasteiger partial charge on any atom is -0.353 e. The normalized spacial score (nSPS) is 10.5. The van der Waals surface area contributed by atoms with Crippen molar-refractivity contribution >= 4 is 29.1 Å². The monoisotopic (exact) mass is 319 g/mol. The molecule has 0 radical (unpaired) electrons. The third kappa shape index (κ3) is 4.98. The maximum absolute atomic E-state index is 12.1. The number of benzene rings is 1. The minimum atomic E-state index is -0.262. The van der Waals surface area contributed by atoms with E-state index in [1.54, 1.807) is 24.3 Å². The van der Waals surface area contributed by atoms with Crippen LogP contribution in [0.4, 0.5) is 11.6 Å². The Morgan fingerprint density at radius 3 is 2.41 bits per heavy atom. The van der Waals surface area contributed by atoms with Gasteiger partial charge in [0.1, 0.15) is 0 Å². The number of halogens is 1. The number of carbonyl (C=O) groups is 1. The highest BCUT2D eigenvalue weighted by Crippen LogP contribution is 2.14. The number of amides is 1. The molecule has 0 atom stereocenters. The second kappa shape index (κ2) is 7.72. The molecule has 0 saturated carbocycles. The number of anilines is 2. The first-order valence-corrected chi connectivity index (χ1v) is 7.20. The summed E-state index contributed by atoms with van der Waals surface area (Å²) in [4.78, 5) is 22.4. The average molecular weight is 320 g/mol. The van der Waals surface area contributed by atoms with Gasteiger partial charge in [-0.25, -0.2) is 9.97 Å². The summed E-state index contributed by atoms with van der Waals surface area (Å²) in [7, 11) is 3.99. The molecule has 6 nitrogen and oxygen atoms in total. The summed E-state index contributed by atoms with van der Waals surface area (Å²) in [5.74, 6) is 0.243. The van der Waals surface area contributed by atoms with Gasteiger partial charge in [-0.15, -0.1) is 0 Å². The molecule has 0 aliphatic rings. The maximum Gasteiger partial charge on any atom is 0.258 e. The largest absolute Gasteiger partial charge is 0.353 e. The molecule has 2 N–H and O–H groups in total. The molecule has 116 valence electrons. The Bertz CT molecular complexity index is 613. The molecule has 0 unspecified atom stereocenters. The summed E-state index contributed by atoms with van der Waals surface area (Å²) in [5, 5.41) is 6.47. The van der Waals surface area contributed by atoms with Gasteiger partial charge in [0.2, 0.25) is 5.95 Å². The predicted octanol–water partition coefficient (Wildman–Crippen LogP) is 2.36. The first-order chi connectivity index (χ1) is 10.5. The van der Waals surface area contributed by atoms with E-state index in [1.165, 1.54) is 12.4 Å². The number of rotatable bonds is 6. The van der Waals surface area contributed by atoms with Crippen LogP contribution in [0, 0.1) is 0 Å². The lowest BCUT2D eigenvalue weighted by Gasteiger charge is -2.10. The molecule has 1 aromatic heterocycles. The Balaban J connectivity index is 1.91. The third-order valence-electron chi connectivity index (χ3n) is 2.86. The van der Waals surface area contributed by atoms with Crippen molar-refractivity contribution in [3.63, 3.8) is 0 Å². The van der Waals surface area contributed by atoms with E-state index in [0.29, 0.717) is 22.2 Å². The first-order valence-electron chi connectivity index (χ1n) is 6.82. The lowest BCUT2D eigenvalue weighted by atomic mass is 10.3. The molecule has 0 spiro atoms. The minimum absolute atomic E-state index is 0.262. The quantitative estimate of drug-likeness (QED) is 0.855. The molecule has 2 rings (SSSR count). The second-order valence-corrected chi connectivity index (χ2v) is 5.42. The van der Waals surface area contributed by atoms with Crippen molar-refractivity contribution in [3.05, 3.63) is 47.2 Å². The van der Waals surface area contributed by atoms with Crippen LogP contribution in [0.5, 0.6) is 0 Å². The highest BCUT2D eigenvalue weighted by Gasteiger charge is 2.07. The van der Waals surface area contributed by atoms with Gasteiger partial charge in [-0.05, 0) is 38.4 Å². The van der Waals surface area contributed by atoms with Gasteiger partial charge < -0.3 is 15.5 Å². The molecule has 0 bridgehead atoms. The van der Waals surface area contributed by atoms with E-state index in [4.69, 9.17) is 11.6 Å². The fraction of sp³-hybridized carbons (Fsp3) is 0.267. The Kier molecular flexibility index (Phi) is 5.68. The van der Waals surface area contributed by atoms with Crippen LogP contribution in [-0.4, -0.2) is 48.0 Å². The van der Waals surface area contributed by atoms with E-state index in [9.17, 15) is 4.79 Å². The average Bonchev–Trinajstić information content (AvgIpc) is 2.50. The van der Waals surface area contributed by atoms with Crippen LogP contribution in [0.2, 0.25) is 5.02 Å². The Morgan fingerprint density at radius 2 is 1.82 bits per heavy atom. The molecule has 1 heterocycles. The van der Waals surface area contributed by atoms with Crippen LogP contribution in [0.15, 0.2) is 36.7 Å². The SMILES string of the molecule is CN(C)CCNc1ncc(C(=O)Nc2ccc(Cl)cc2)cn1. The standard InChI is InChI=1S/C15H18ClN5O/c1-21(2)8-7-17-15-18-9-11(10-19-15)14(22)20-13-5-3-12(16)4-6-13/h3-6,9-10H,7-8H2,1-2H3,(H,20,22)(H,17,18,19). The summed E-state index contributed by atoms with van der Waals surface area (Å²) >= 11 is 5.80. The molecule has 7 heteroatoms. The summed E-state index contributed by atoms with van der Waals surface area (Å²) in [6.07, 6.45) is 2.99. The van der Waals surface area contributed by atoms with Gasteiger partial charge in [0, 0.05) is 36.2 Å². The van der Waals surface area contributed by atoms with E-state index < -0.39 is 0 Å². The Hall–Kier alpha value is -2.18. The highest BCUT2D eigenvalue weighted by molar-refractivity contribution is 6.30. The number of nitrogens with zero attached hydrogens (tertiary/aromatic N) is 3. The molecular weight excluding hydrogens is 302 g/mol. The molecule has 1 amide bonds. The molecule has 22 heavy (non-hydrogen) atoms. The van der Waals surface area contributed by atoms with E-state index in [1.807, 2.05) is 14.1 Å². The second-order valence-electron chi connectivity index (χ2n) is 4.99. The lowest BCUT2D eigenvalue weighted by molar-refractivity contribution is 0.102. The van der Waals surface area contributed by atoms with Crippen LogP contribution < -0.4 is 10.6 Å². The summed E-state index contributed by atoms with van der Waals surface area (Å²) in [5.41, 5.74) is 1.07. The van der Waals surface area contributed by atoms with E-state index in [0.717, 1.165) is 13.1 Å². The topological polar surface area (TPSA) is 70.2 Å². The summed E-state index contributed by atoms with van der Waals surface area (Å²) in [6.45, 7) is 1.62. The van der Waals surface area contributed by atoms with Crippen LogP contribution in [0.3, 0.4) is 0 Å².